The lowest BCUT2D eigenvalue weighted by Gasteiger charge is -2.24. The molecule has 4 nitrogen and oxygen atoms in total. The molecule has 0 saturated heterocycles. The van der Waals surface area contributed by atoms with Gasteiger partial charge < -0.3 is 4.74 Å². The van der Waals surface area contributed by atoms with Crippen molar-refractivity contribution in [3.8, 4) is 0 Å². The highest BCUT2D eigenvalue weighted by Crippen LogP contribution is 2.27. The van der Waals surface area contributed by atoms with Crippen molar-refractivity contribution in [1.29, 1.82) is 0 Å². The van der Waals surface area contributed by atoms with Gasteiger partial charge in [0.15, 0.2) is 0 Å². The van der Waals surface area contributed by atoms with E-state index in [1.807, 2.05) is 0 Å². The van der Waals surface area contributed by atoms with E-state index in [1.54, 1.807) is 19.1 Å². The summed E-state index contributed by atoms with van der Waals surface area (Å²) in [5.74, 6) is 0. The van der Waals surface area contributed by atoms with Crippen LogP contribution in [0.4, 0.5) is 0 Å². The molecule has 0 amide bonds. The fraction of sp³-hybridized carbons (Fsp3) is 0.455. The number of nitrogens with zero attached hydrogens (tertiary/aromatic N) is 1. The van der Waals surface area contributed by atoms with E-state index < -0.39 is 10.0 Å². The van der Waals surface area contributed by atoms with E-state index in [0.717, 1.165) is 4.47 Å². The maximum atomic E-state index is 12.4. The van der Waals surface area contributed by atoms with E-state index >= 15 is 0 Å². The molecule has 0 aliphatic rings. The van der Waals surface area contributed by atoms with Gasteiger partial charge in [0, 0.05) is 24.7 Å². The summed E-state index contributed by atoms with van der Waals surface area (Å²) >= 11 is 9.21. The van der Waals surface area contributed by atoms with E-state index in [2.05, 4.69) is 15.9 Å². The summed E-state index contributed by atoms with van der Waals surface area (Å²) in [6, 6.07) is 4.42. The van der Waals surface area contributed by atoms with E-state index in [-0.39, 0.29) is 16.0 Å². The van der Waals surface area contributed by atoms with Crippen LogP contribution in [0.5, 0.6) is 0 Å². The molecule has 0 aliphatic carbocycles. The second-order valence-corrected chi connectivity index (χ2v) is 7.19. The number of ether oxygens (including phenoxy) is 1. The first-order chi connectivity index (χ1) is 8.30. The molecule has 0 N–H and O–H groups in total. The highest BCUT2D eigenvalue weighted by molar-refractivity contribution is 9.10. The number of methoxy groups -OCH3 is 1. The van der Waals surface area contributed by atoms with Gasteiger partial charge in [0.1, 0.15) is 4.90 Å². The van der Waals surface area contributed by atoms with Gasteiger partial charge in [-0.1, -0.05) is 27.5 Å². The molecule has 1 unspecified atom stereocenters. The van der Waals surface area contributed by atoms with Crippen LogP contribution in [-0.2, 0) is 14.8 Å². The molecule has 0 spiro atoms. The summed E-state index contributed by atoms with van der Waals surface area (Å²) in [5, 5.41) is 0.195. The highest BCUT2D eigenvalue weighted by atomic mass is 79.9. The Morgan fingerprint density at radius 1 is 1.50 bits per heavy atom. The normalized spacial score (nSPS) is 13.9. The van der Waals surface area contributed by atoms with Crippen LogP contribution in [-0.4, -0.2) is 39.5 Å². The molecule has 1 rings (SSSR count). The van der Waals surface area contributed by atoms with Crippen LogP contribution in [0, 0.1) is 0 Å². The molecule has 0 fully saturated rings. The van der Waals surface area contributed by atoms with Gasteiger partial charge >= 0.3 is 0 Å². The summed E-state index contributed by atoms with van der Waals surface area (Å²) in [7, 11) is -0.565. The lowest BCUT2D eigenvalue weighted by atomic mass is 10.4. The molecule has 0 bridgehead atoms. The Hall–Kier alpha value is -0.140. The molecule has 1 atom stereocenters. The topological polar surface area (TPSA) is 46.6 Å². The summed E-state index contributed by atoms with van der Waals surface area (Å²) < 4.78 is 31.7. The lowest BCUT2D eigenvalue weighted by Crippen LogP contribution is -2.37. The Morgan fingerprint density at radius 3 is 2.61 bits per heavy atom. The van der Waals surface area contributed by atoms with Gasteiger partial charge in [-0.05, 0) is 25.1 Å². The van der Waals surface area contributed by atoms with E-state index in [1.165, 1.54) is 24.5 Å². The fourth-order valence-corrected chi connectivity index (χ4v) is 3.78. The van der Waals surface area contributed by atoms with Crippen molar-refractivity contribution in [3.05, 3.63) is 27.7 Å². The molecule has 7 heteroatoms. The van der Waals surface area contributed by atoms with Crippen molar-refractivity contribution in [1.82, 2.24) is 4.31 Å². The average Bonchev–Trinajstić information content (AvgIpc) is 2.27. The first-order valence-corrected chi connectivity index (χ1v) is 7.83. The largest absolute Gasteiger partial charge is 0.383 e. The number of hydrogen-bond donors (Lipinski definition) is 0. The zero-order chi connectivity index (χ0) is 13.9. The van der Waals surface area contributed by atoms with Crippen LogP contribution in [0.1, 0.15) is 6.92 Å². The minimum atomic E-state index is -3.61. The van der Waals surface area contributed by atoms with Crippen molar-refractivity contribution in [2.24, 2.45) is 0 Å². The van der Waals surface area contributed by atoms with Crippen molar-refractivity contribution < 1.29 is 13.2 Å². The third-order valence-electron chi connectivity index (χ3n) is 2.58. The number of benzene rings is 1. The Labute approximate surface area is 121 Å². The summed E-state index contributed by atoms with van der Waals surface area (Å²) in [5.41, 5.74) is 0. The molecule has 0 saturated carbocycles. The van der Waals surface area contributed by atoms with Crippen molar-refractivity contribution in [3.63, 3.8) is 0 Å². The Kier molecular flexibility index (Phi) is 5.61. The van der Waals surface area contributed by atoms with Crippen LogP contribution in [0.2, 0.25) is 5.02 Å². The van der Waals surface area contributed by atoms with Crippen LogP contribution >= 0.6 is 27.5 Å². The van der Waals surface area contributed by atoms with Crippen LogP contribution < -0.4 is 0 Å². The standard InChI is InChI=1S/C11H15BrClNO3S/c1-8(7-17-3)14(2)18(15,16)11-5-4-9(12)6-10(11)13/h4-6,8H,7H2,1-3H3. The van der Waals surface area contributed by atoms with Crippen molar-refractivity contribution >= 4 is 37.6 Å². The van der Waals surface area contributed by atoms with Gasteiger partial charge in [0.25, 0.3) is 0 Å². The third kappa shape index (κ3) is 3.45. The quantitative estimate of drug-likeness (QED) is 0.815. The fourth-order valence-electron chi connectivity index (χ4n) is 1.42. The SMILES string of the molecule is COCC(C)N(C)S(=O)(=O)c1ccc(Br)cc1Cl. The van der Waals surface area contributed by atoms with Gasteiger partial charge in [-0.3, -0.25) is 0 Å². The van der Waals surface area contributed by atoms with Crippen LogP contribution in [0.25, 0.3) is 0 Å². The number of halogens is 2. The second-order valence-electron chi connectivity index (χ2n) is 3.90. The predicted molar refractivity (Wildman–Crippen MR) is 75.4 cm³/mol. The Morgan fingerprint density at radius 2 is 2.11 bits per heavy atom. The minimum Gasteiger partial charge on any atom is -0.383 e. The monoisotopic (exact) mass is 355 g/mol. The van der Waals surface area contributed by atoms with Crippen molar-refractivity contribution in [2.45, 2.75) is 17.9 Å². The summed E-state index contributed by atoms with van der Waals surface area (Å²) in [6.07, 6.45) is 0. The third-order valence-corrected chi connectivity index (χ3v) is 5.53. The van der Waals surface area contributed by atoms with Crippen molar-refractivity contribution in [2.75, 3.05) is 20.8 Å². The van der Waals surface area contributed by atoms with Gasteiger partial charge in [-0.25, -0.2) is 8.42 Å². The predicted octanol–water partition coefficient (Wildman–Crippen LogP) is 2.76. The minimum absolute atomic E-state index is 0.0952. The van der Waals surface area contributed by atoms with Gasteiger partial charge in [-0.15, -0.1) is 0 Å². The first-order valence-electron chi connectivity index (χ1n) is 5.22. The first kappa shape index (κ1) is 15.9. The van der Waals surface area contributed by atoms with E-state index in [0.29, 0.717) is 6.61 Å². The molecule has 18 heavy (non-hydrogen) atoms. The second kappa shape index (κ2) is 6.34. The molecule has 0 aliphatic heterocycles. The lowest BCUT2D eigenvalue weighted by molar-refractivity contribution is 0.149. The molecule has 1 aromatic rings. The zero-order valence-corrected chi connectivity index (χ0v) is 13.5. The summed E-state index contributed by atoms with van der Waals surface area (Å²) in [4.78, 5) is 0.0952. The van der Waals surface area contributed by atoms with E-state index in [9.17, 15) is 8.42 Å². The molecule has 0 aromatic heterocycles. The summed E-state index contributed by atoms with van der Waals surface area (Å²) in [6.45, 7) is 2.09. The van der Waals surface area contributed by atoms with E-state index in [4.69, 9.17) is 16.3 Å². The highest BCUT2D eigenvalue weighted by Gasteiger charge is 2.27. The van der Waals surface area contributed by atoms with Gasteiger partial charge in [-0.2, -0.15) is 4.31 Å². The smallest absolute Gasteiger partial charge is 0.244 e. The molecule has 0 heterocycles. The van der Waals surface area contributed by atoms with Gasteiger partial charge in [0.05, 0.1) is 11.6 Å². The molecule has 0 radical (unpaired) electrons. The maximum absolute atomic E-state index is 12.4. The zero-order valence-electron chi connectivity index (χ0n) is 10.4. The Balaban J connectivity index is 3.13. The molecular weight excluding hydrogens is 342 g/mol. The number of rotatable bonds is 5. The Bertz CT molecular complexity index is 521. The molecule has 102 valence electrons. The molecular formula is C11H15BrClNO3S. The van der Waals surface area contributed by atoms with Gasteiger partial charge in [0.2, 0.25) is 10.0 Å². The number of hydrogen-bond acceptors (Lipinski definition) is 3. The number of likely N-dealkylation sites (N-methyl/N-ethyl adjacent to an activating group) is 1. The maximum Gasteiger partial charge on any atom is 0.244 e. The average molecular weight is 357 g/mol. The van der Waals surface area contributed by atoms with Crippen LogP contribution in [0.3, 0.4) is 0 Å². The number of sulfonamides is 1. The molecule has 1 aromatic carbocycles. The van der Waals surface area contributed by atoms with Crippen LogP contribution in [0.15, 0.2) is 27.6 Å².